The van der Waals surface area contributed by atoms with Crippen molar-refractivity contribution < 1.29 is 9.53 Å². The van der Waals surface area contributed by atoms with Crippen molar-refractivity contribution in [1.29, 1.82) is 0 Å². The van der Waals surface area contributed by atoms with Crippen LogP contribution in [0.5, 0.6) is 5.75 Å². The van der Waals surface area contributed by atoms with Crippen LogP contribution < -0.4 is 10.1 Å². The number of hydrogen-bond acceptors (Lipinski definition) is 4. The fourth-order valence-electron chi connectivity index (χ4n) is 1.95. The molecule has 1 N–H and O–H groups in total. The molecule has 106 valence electrons. The number of rotatable bonds is 5. The van der Waals surface area contributed by atoms with E-state index in [1.807, 2.05) is 24.4 Å². The number of fused-ring (bicyclic) bond motifs is 1. The third-order valence-electron chi connectivity index (χ3n) is 2.99. The van der Waals surface area contributed by atoms with Gasteiger partial charge in [-0.1, -0.05) is 6.07 Å². The predicted molar refractivity (Wildman–Crippen MR) is 76.8 cm³/mol. The van der Waals surface area contributed by atoms with Crippen molar-refractivity contribution in [2.24, 2.45) is 0 Å². The zero-order valence-electron chi connectivity index (χ0n) is 11.3. The van der Waals surface area contributed by atoms with Crippen LogP contribution in [0.15, 0.2) is 55.1 Å². The topological polar surface area (TPSA) is 68.5 Å². The van der Waals surface area contributed by atoms with Crippen LogP contribution in [0, 0.1) is 0 Å². The van der Waals surface area contributed by atoms with Gasteiger partial charge in [-0.15, -0.1) is 0 Å². The SMILES string of the molecule is O=C(COc1cccnc1)NCc1cnn2ccccc12. The number of carbonyl (C=O) groups excluding carboxylic acids is 1. The van der Waals surface area contributed by atoms with Gasteiger partial charge in [0.2, 0.25) is 0 Å². The highest BCUT2D eigenvalue weighted by molar-refractivity contribution is 5.77. The molecule has 0 fully saturated rings. The van der Waals surface area contributed by atoms with Crippen molar-refractivity contribution in [3.8, 4) is 5.75 Å². The number of nitrogens with one attached hydrogen (secondary N) is 1. The minimum absolute atomic E-state index is 0.0368. The Morgan fingerprint density at radius 2 is 2.19 bits per heavy atom. The van der Waals surface area contributed by atoms with Crippen LogP contribution in [0.2, 0.25) is 0 Å². The first-order chi connectivity index (χ1) is 10.3. The van der Waals surface area contributed by atoms with E-state index in [0.29, 0.717) is 12.3 Å². The minimum atomic E-state index is -0.186. The summed E-state index contributed by atoms with van der Waals surface area (Å²) in [5.41, 5.74) is 1.94. The molecule has 0 radical (unpaired) electrons. The summed E-state index contributed by atoms with van der Waals surface area (Å²) in [7, 11) is 0. The lowest BCUT2D eigenvalue weighted by Crippen LogP contribution is -2.28. The molecular formula is C15H14N4O2. The lowest BCUT2D eigenvalue weighted by atomic mass is 10.2. The van der Waals surface area contributed by atoms with Gasteiger partial charge in [-0.25, -0.2) is 4.52 Å². The highest BCUT2D eigenvalue weighted by atomic mass is 16.5. The van der Waals surface area contributed by atoms with Gasteiger partial charge in [0.1, 0.15) is 5.75 Å². The molecular weight excluding hydrogens is 268 g/mol. The summed E-state index contributed by atoms with van der Waals surface area (Å²) in [4.78, 5) is 15.7. The van der Waals surface area contributed by atoms with Gasteiger partial charge in [0.05, 0.1) is 17.9 Å². The van der Waals surface area contributed by atoms with Gasteiger partial charge >= 0.3 is 0 Å². The molecule has 0 aliphatic heterocycles. The van der Waals surface area contributed by atoms with E-state index in [0.717, 1.165) is 11.1 Å². The number of carbonyl (C=O) groups is 1. The van der Waals surface area contributed by atoms with E-state index in [4.69, 9.17) is 4.74 Å². The summed E-state index contributed by atoms with van der Waals surface area (Å²) in [5.74, 6) is 0.387. The Hall–Kier alpha value is -2.89. The Kier molecular flexibility index (Phi) is 3.77. The van der Waals surface area contributed by atoms with E-state index >= 15 is 0 Å². The zero-order valence-corrected chi connectivity index (χ0v) is 11.3. The molecule has 3 aromatic heterocycles. The van der Waals surface area contributed by atoms with Crippen LogP contribution in [0.1, 0.15) is 5.56 Å². The molecule has 0 spiro atoms. The average Bonchev–Trinajstić information content (AvgIpc) is 2.95. The molecule has 3 rings (SSSR count). The van der Waals surface area contributed by atoms with Crippen LogP contribution in [0.4, 0.5) is 0 Å². The normalized spacial score (nSPS) is 10.5. The van der Waals surface area contributed by atoms with E-state index in [1.165, 1.54) is 0 Å². The fourth-order valence-corrected chi connectivity index (χ4v) is 1.95. The van der Waals surface area contributed by atoms with E-state index in [9.17, 15) is 4.79 Å². The van der Waals surface area contributed by atoms with Crippen LogP contribution in [-0.2, 0) is 11.3 Å². The maximum atomic E-state index is 11.8. The quantitative estimate of drug-likeness (QED) is 0.768. The molecule has 1 amide bonds. The monoisotopic (exact) mass is 282 g/mol. The van der Waals surface area contributed by atoms with E-state index in [-0.39, 0.29) is 12.5 Å². The van der Waals surface area contributed by atoms with Crippen molar-refractivity contribution in [2.75, 3.05) is 6.61 Å². The Labute approximate surface area is 121 Å². The average molecular weight is 282 g/mol. The molecule has 6 nitrogen and oxygen atoms in total. The Balaban J connectivity index is 1.54. The number of pyridine rings is 2. The van der Waals surface area contributed by atoms with Gasteiger partial charge < -0.3 is 10.1 Å². The summed E-state index contributed by atoms with van der Waals surface area (Å²) in [5, 5.41) is 7.03. The molecule has 0 aliphatic rings. The summed E-state index contributed by atoms with van der Waals surface area (Å²) < 4.78 is 7.10. The first-order valence-corrected chi connectivity index (χ1v) is 6.54. The molecule has 0 saturated heterocycles. The van der Waals surface area contributed by atoms with Gasteiger partial charge in [0, 0.05) is 24.5 Å². The molecule has 0 atom stereocenters. The van der Waals surface area contributed by atoms with Crippen LogP contribution in [0.3, 0.4) is 0 Å². The number of nitrogens with zero attached hydrogens (tertiary/aromatic N) is 3. The summed E-state index contributed by atoms with van der Waals surface area (Å²) in [6.45, 7) is 0.383. The Bertz CT molecular complexity index is 740. The molecule has 3 heterocycles. The van der Waals surface area contributed by atoms with Crippen molar-refractivity contribution >= 4 is 11.4 Å². The summed E-state index contributed by atoms with van der Waals surface area (Å²) >= 11 is 0. The van der Waals surface area contributed by atoms with Crippen molar-refractivity contribution in [1.82, 2.24) is 19.9 Å². The first-order valence-electron chi connectivity index (χ1n) is 6.54. The maximum Gasteiger partial charge on any atom is 0.258 e. The molecule has 21 heavy (non-hydrogen) atoms. The maximum absolute atomic E-state index is 11.8. The fraction of sp³-hybridized carbons (Fsp3) is 0.133. The molecule has 6 heteroatoms. The Morgan fingerprint density at radius 3 is 3.05 bits per heavy atom. The van der Waals surface area contributed by atoms with Gasteiger partial charge in [-0.2, -0.15) is 5.10 Å². The first kappa shape index (κ1) is 13.1. The second-order valence-electron chi connectivity index (χ2n) is 4.45. The minimum Gasteiger partial charge on any atom is -0.482 e. The highest BCUT2D eigenvalue weighted by Crippen LogP contribution is 2.09. The highest BCUT2D eigenvalue weighted by Gasteiger charge is 2.06. The van der Waals surface area contributed by atoms with Gasteiger partial charge in [-0.3, -0.25) is 9.78 Å². The molecule has 0 saturated carbocycles. The van der Waals surface area contributed by atoms with Crippen LogP contribution >= 0.6 is 0 Å². The number of hydrogen-bond donors (Lipinski definition) is 1. The Morgan fingerprint density at radius 1 is 1.24 bits per heavy atom. The standard InChI is InChI=1S/C15H14N4O2/c20-15(11-21-13-4-3-6-16-10-13)17-8-12-9-18-19-7-2-1-5-14(12)19/h1-7,9-10H,8,11H2,(H,17,20). The smallest absolute Gasteiger partial charge is 0.258 e. The molecule has 0 aliphatic carbocycles. The lowest BCUT2D eigenvalue weighted by Gasteiger charge is -2.06. The van der Waals surface area contributed by atoms with Crippen molar-refractivity contribution in [3.63, 3.8) is 0 Å². The third-order valence-corrected chi connectivity index (χ3v) is 2.99. The van der Waals surface area contributed by atoms with Crippen molar-refractivity contribution in [2.45, 2.75) is 6.54 Å². The van der Waals surface area contributed by atoms with E-state index in [2.05, 4.69) is 15.4 Å². The van der Waals surface area contributed by atoms with E-state index in [1.54, 1.807) is 35.2 Å². The lowest BCUT2D eigenvalue weighted by molar-refractivity contribution is -0.123. The largest absolute Gasteiger partial charge is 0.482 e. The number of ether oxygens (including phenoxy) is 1. The van der Waals surface area contributed by atoms with Gasteiger partial charge in [-0.05, 0) is 24.3 Å². The number of aromatic nitrogens is 3. The summed E-state index contributed by atoms with van der Waals surface area (Å²) in [6, 6.07) is 9.32. The molecule has 3 aromatic rings. The third kappa shape index (κ3) is 3.17. The molecule has 0 unspecified atom stereocenters. The zero-order chi connectivity index (χ0) is 14.5. The second kappa shape index (κ2) is 6.04. The second-order valence-corrected chi connectivity index (χ2v) is 4.45. The van der Waals surface area contributed by atoms with Crippen LogP contribution in [-0.4, -0.2) is 27.1 Å². The van der Waals surface area contributed by atoms with Crippen LogP contribution in [0.25, 0.3) is 5.52 Å². The molecule has 0 aromatic carbocycles. The summed E-state index contributed by atoms with van der Waals surface area (Å²) in [6.07, 6.45) is 6.83. The predicted octanol–water partition coefficient (Wildman–Crippen LogP) is 1.42. The molecule has 0 bridgehead atoms. The number of amides is 1. The van der Waals surface area contributed by atoms with Gasteiger partial charge in [0.25, 0.3) is 5.91 Å². The van der Waals surface area contributed by atoms with E-state index < -0.39 is 0 Å². The van der Waals surface area contributed by atoms with Gasteiger partial charge in [0.15, 0.2) is 6.61 Å². The van der Waals surface area contributed by atoms with Crippen molar-refractivity contribution in [3.05, 3.63) is 60.7 Å².